The first kappa shape index (κ1) is 11.6. The molecular formula is C14H22N2. The first-order valence-electron chi connectivity index (χ1n) is 6.35. The molecule has 1 aliphatic rings. The maximum atomic E-state index is 4.33. The number of rotatable bonds is 3. The normalized spacial score (nSPS) is 19.6. The molecule has 88 valence electrons. The van der Waals surface area contributed by atoms with Gasteiger partial charge in [0.2, 0.25) is 0 Å². The summed E-state index contributed by atoms with van der Waals surface area (Å²) in [6.45, 7) is 5.33. The van der Waals surface area contributed by atoms with E-state index in [9.17, 15) is 0 Å². The van der Waals surface area contributed by atoms with Gasteiger partial charge in [-0.25, -0.2) is 0 Å². The molecule has 0 bridgehead atoms. The highest BCUT2D eigenvalue weighted by Crippen LogP contribution is 2.27. The minimum Gasteiger partial charge on any atom is -0.307 e. The molecule has 0 unspecified atom stereocenters. The highest BCUT2D eigenvalue weighted by atomic mass is 15.0. The fourth-order valence-corrected chi connectivity index (χ4v) is 2.43. The van der Waals surface area contributed by atoms with Gasteiger partial charge in [-0.05, 0) is 38.3 Å². The Morgan fingerprint density at radius 1 is 1.25 bits per heavy atom. The summed E-state index contributed by atoms with van der Waals surface area (Å²) in [5.74, 6) is 0. The Labute approximate surface area is 98.5 Å². The van der Waals surface area contributed by atoms with Crippen LogP contribution in [0.25, 0.3) is 0 Å². The Balaban J connectivity index is 1.88. The van der Waals surface area contributed by atoms with Crippen molar-refractivity contribution in [2.75, 3.05) is 0 Å². The second-order valence-corrected chi connectivity index (χ2v) is 5.28. The maximum Gasteiger partial charge on any atom is 0.0372 e. The number of aryl methyl sites for hydroxylation is 1. The average molecular weight is 218 g/mol. The van der Waals surface area contributed by atoms with E-state index in [0.29, 0.717) is 5.54 Å². The Morgan fingerprint density at radius 3 is 2.62 bits per heavy atom. The summed E-state index contributed by atoms with van der Waals surface area (Å²) in [5, 5.41) is 3.69. The van der Waals surface area contributed by atoms with Crippen LogP contribution in [0.4, 0.5) is 0 Å². The zero-order valence-corrected chi connectivity index (χ0v) is 10.4. The molecule has 1 heterocycles. The van der Waals surface area contributed by atoms with Crippen molar-refractivity contribution in [3.8, 4) is 0 Å². The molecule has 16 heavy (non-hydrogen) atoms. The van der Waals surface area contributed by atoms with E-state index in [-0.39, 0.29) is 0 Å². The van der Waals surface area contributed by atoms with Crippen LogP contribution in [0.5, 0.6) is 0 Å². The van der Waals surface area contributed by atoms with Gasteiger partial charge in [0.15, 0.2) is 0 Å². The third-order valence-corrected chi connectivity index (χ3v) is 3.65. The van der Waals surface area contributed by atoms with Crippen LogP contribution >= 0.6 is 0 Å². The third-order valence-electron chi connectivity index (χ3n) is 3.65. The van der Waals surface area contributed by atoms with Crippen molar-refractivity contribution in [2.45, 2.75) is 58.0 Å². The minimum atomic E-state index is 0.350. The predicted molar refractivity (Wildman–Crippen MR) is 67.3 cm³/mol. The van der Waals surface area contributed by atoms with Crippen LogP contribution < -0.4 is 5.32 Å². The highest BCUT2D eigenvalue weighted by Gasteiger charge is 2.25. The van der Waals surface area contributed by atoms with Crippen LogP contribution in [0.3, 0.4) is 0 Å². The zero-order chi connectivity index (χ0) is 11.4. The van der Waals surface area contributed by atoms with E-state index in [4.69, 9.17) is 0 Å². The van der Waals surface area contributed by atoms with Gasteiger partial charge < -0.3 is 5.32 Å². The van der Waals surface area contributed by atoms with Gasteiger partial charge in [-0.3, -0.25) is 4.98 Å². The molecule has 1 N–H and O–H groups in total. The molecule has 0 radical (unpaired) electrons. The van der Waals surface area contributed by atoms with E-state index < -0.39 is 0 Å². The topological polar surface area (TPSA) is 24.9 Å². The van der Waals surface area contributed by atoms with Gasteiger partial charge in [0.05, 0.1) is 0 Å². The van der Waals surface area contributed by atoms with Gasteiger partial charge in [0.25, 0.3) is 0 Å². The SMILES string of the molecule is Cc1ccc(CNC2(C)CCCCC2)cn1. The van der Waals surface area contributed by atoms with Crippen LogP contribution in [0.15, 0.2) is 18.3 Å². The van der Waals surface area contributed by atoms with Crippen LogP contribution in [-0.4, -0.2) is 10.5 Å². The molecule has 0 spiro atoms. The minimum absolute atomic E-state index is 0.350. The van der Waals surface area contributed by atoms with Crippen LogP contribution in [0.2, 0.25) is 0 Å². The number of nitrogens with one attached hydrogen (secondary N) is 1. The standard InChI is InChI=1S/C14H22N2/c1-12-6-7-13(10-15-12)11-16-14(2)8-4-3-5-9-14/h6-7,10,16H,3-5,8-9,11H2,1-2H3. The number of hydrogen-bond donors (Lipinski definition) is 1. The van der Waals surface area contributed by atoms with E-state index >= 15 is 0 Å². The predicted octanol–water partition coefficient (Wildman–Crippen LogP) is 3.20. The molecule has 1 fully saturated rings. The quantitative estimate of drug-likeness (QED) is 0.842. The van der Waals surface area contributed by atoms with Gasteiger partial charge in [0, 0.05) is 24.0 Å². The van der Waals surface area contributed by atoms with E-state index in [0.717, 1.165) is 12.2 Å². The number of hydrogen-bond acceptors (Lipinski definition) is 2. The average Bonchev–Trinajstić information content (AvgIpc) is 2.29. The summed E-state index contributed by atoms with van der Waals surface area (Å²) in [6, 6.07) is 4.25. The lowest BCUT2D eigenvalue weighted by atomic mass is 9.83. The monoisotopic (exact) mass is 218 g/mol. The summed E-state index contributed by atoms with van der Waals surface area (Å²) in [6.07, 6.45) is 8.75. The molecule has 2 heteroatoms. The van der Waals surface area contributed by atoms with Gasteiger partial charge in [0.1, 0.15) is 0 Å². The summed E-state index contributed by atoms with van der Waals surface area (Å²) in [5.41, 5.74) is 2.73. The second-order valence-electron chi connectivity index (χ2n) is 5.28. The van der Waals surface area contributed by atoms with Gasteiger partial charge >= 0.3 is 0 Å². The fraction of sp³-hybridized carbons (Fsp3) is 0.643. The Hall–Kier alpha value is -0.890. The van der Waals surface area contributed by atoms with E-state index in [1.807, 2.05) is 13.1 Å². The summed E-state index contributed by atoms with van der Waals surface area (Å²) >= 11 is 0. The van der Waals surface area contributed by atoms with Crippen LogP contribution in [0.1, 0.15) is 50.3 Å². The summed E-state index contributed by atoms with van der Waals surface area (Å²) in [7, 11) is 0. The lowest BCUT2D eigenvalue weighted by Gasteiger charge is -2.34. The lowest BCUT2D eigenvalue weighted by Crippen LogP contribution is -2.43. The molecular weight excluding hydrogens is 196 g/mol. The highest BCUT2D eigenvalue weighted by molar-refractivity contribution is 5.13. The molecule has 0 atom stereocenters. The molecule has 0 aliphatic heterocycles. The molecule has 2 rings (SSSR count). The summed E-state index contributed by atoms with van der Waals surface area (Å²) < 4.78 is 0. The number of nitrogens with zero attached hydrogens (tertiary/aromatic N) is 1. The largest absolute Gasteiger partial charge is 0.307 e. The fourth-order valence-electron chi connectivity index (χ4n) is 2.43. The van der Waals surface area contributed by atoms with Crippen molar-refractivity contribution in [2.24, 2.45) is 0 Å². The van der Waals surface area contributed by atoms with E-state index in [1.165, 1.54) is 37.7 Å². The smallest absolute Gasteiger partial charge is 0.0372 e. The van der Waals surface area contributed by atoms with Crippen molar-refractivity contribution in [3.05, 3.63) is 29.6 Å². The first-order chi connectivity index (χ1) is 7.68. The van der Waals surface area contributed by atoms with E-state index in [2.05, 4.69) is 29.4 Å². The molecule has 2 nitrogen and oxygen atoms in total. The van der Waals surface area contributed by atoms with Gasteiger partial charge in [-0.15, -0.1) is 0 Å². The first-order valence-corrected chi connectivity index (χ1v) is 6.35. The molecule has 1 aromatic heterocycles. The van der Waals surface area contributed by atoms with Crippen molar-refractivity contribution in [3.63, 3.8) is 0 Å². The summed E-state index contributed by atoms with van der Waals surface area (Å²) in [4.78, 5) is 4.33. The third kappa shape index (κ3) is 3.05. The maximum absolute atomic E-state index is 4.33. The Bertz CT molecular complexity index is 323. The number of aromatic nitrogens is 1. The molecule has 1 aliphatic carbocycles. The molecule has 0 amide bonds. The van der Waals surface area contributed by atoms with Gasteiger partial charge in [-0.2, -0.15) is 0 Å². The molecule has 0 saturated heterocycles. The Morgan fingerprint density at radius 2 is 2.00 bits per heavy atom. The van der Waals surface area contributed by atoms with Crippen molar-refractivity contribution >= 4 is 0 Å². The second kappa shape index (κ2) is 4.96. The Kier molecular flexibility index (Phi) is 3.59. The van der Waals surface area contributed by atoms with E-state index in [1.54, 1.807) is 0 Å². The molecule has 1 saturated carbocycles. The van der Waals surface area contributed by atoms with Crippen LogP contribution in [0, 0.1) is 6.92 Å². The van der Waals surface area contributed by atoms with Crippen molar-refractivity contribution in [1.82, 2.24) is 10.3 Å². The van der Waals surface area contributed by atoms with Crippen molar-refractivity contribution in [1.29, 1.82) is 0 Å². The zero-order valence-electron chi connectivity index (χ0n) is 10.4. The molecule has 1 aromatic rings. The van der Waals surface area contributed by atoms with Crippen LogP contribution in [-0.2, 0) is 6.54 Å². The lowest BCUT2D eigenvalue weighted by molar-refractivity contribution is 0.252. The van der Waals surface area contributed by atoms with Crippen molar-refractivity contribution < 1.29 is 0 Å². The van der Waals surface area contributed by atoms with Gasteiger partial charge in [-0.1, -0.05) is 25.3 Å². The molecule has 0 aromatic carbocycles. The number of pyridine rings is 1.